The van der Waals surface area contributed by atoms with Crippen molar-refractivity contribution in [2.24, 2.45) is 5.92 Å². The number of likely N-dealkylation sites (tertiary alicyclic amines) is 1. The molecule has 0 unspecified atom stereocenters. The van der Waals surface area contributed by atoms with Crippen LogP contribution < -0.4 is 5.32 Å². The van der Waals surface area contributed by atoms with Crippen molar-refractivity contribution in [3.05, 3.63) is 52.9 Å². The zero-order valence-electron chi connectivity index (χ0n) is 15.4. The molecule has 2 heterocycles. The predicted octanol–water partition coefficient (Wildman–Crippen LogP) is 3.48. The molecule has 1 aromatic carbocycles. The maximum atomic E-state index is 12.8. The molecule has 2 amide bonds. The monoisotopic (exact) mass is 444 g/mol. The molecule has 0 saturated carbocycles. The van der Waals surface area contributed by atoms with E-state index in [0.29, 0.717) is 11.8 Å². The molecule has 1 N–H and O–H groups in total. The number of anilines is 1. The third kappa shape index (κ3) is 5.32. The second-order valence-electron chi connectivity index (χ2n) is 6.60. The van der Waals surface area contributed by atoms with Crippen LogP contribution in [-0.4, -0.2) is 35.8 Å². The minimum Gasteiger partial charge on any atom is -0.467 e. The minimum atomic E-state index is -4.60. The summed E-state index contributed by atoms with van der Waals surface area (Å²) in [6.07, 6.45) is -3.20. The number of halogens is 4. The molecule has 0 spiro atoms. The zero-order chi connectivity index (χ0) is 21.9. The zero-order valence-corrected chi connectivity index (χ0v) is 16.1. The van der Waals surface area contributed by atoms with E-state index in [-0.39, 0.29) is 36.1 Å². The molecule has 0 radical (unpaired) electrons. The maximum absolute atomic E-state index is 12.8. The Labute approximate surface area is 173 Å². The number of carbonyl (C=O) groups is 3. The van der Waals surface area contributed by atoms with Crippen LogP contribution in [0.1, 0.15) is 17.7 Å². The van der Waals surface area contributed by atoms with E-state index in [2.05, 4.69) is 5.32 Å². The Morgan fingerprint density at radius 1 is 1.30 bits per heavy atom. The number of furan rings is 1. The van der Waals surface area contributed by atoms with Gasteiger partial charge in [0.25, 0.3) is 5.91 Å². The van der Waals surface area contributed by atoms with E-state index in [9.17, 15) is 27.6 Å². The highest BCUT2D eigenvalue weighted by molar-refractivity contribution is 6.33. The van der Waals surface area contributed by atoms with Gasteiger partial charge in [0.05, 0.1) is 35.0 Å². The Balaban J connectivity index is 1.51. The summed E-state index contributed by atoms with van der Waals surface area (Å²) in [4.78, 5) is 37.6. The molecule has 0 bridgehead atoms. The van der Waals surface area contributed by atoms with Gasteiger partial charge >= 0.3 is 12.1 Å². The normalized spacial score (nSPS) is 16.6. The van der Waals surface area contributed by atoms with E-state index >= 15 is 0 Å². The van der Waals surface area contributed by atoms with Crippen molar-refractivity contribution >= 4 is 35.1 Å². The molecule has 1 aliphatic heterocycles. The van der Waals surface area contributed by atoms with Crippen LogP contribution in [0.5, 0.6) is 0 Å². The van der Waals surface area contributed by atoms with E-state index in [1.54, 1.807) is 12.1 Å². The van der Waals surface area contributed by atoms with Gasteiger partial charge in [-0.15, -0.1) is 0 Å². The van der Waals surface area contributed by atoms with Crippen LogP contribution >= 0.6 is 11.6 Å². The van der Waals surface area contributed by atoms with Gasteiger partial charge in [0.1, 0.15) is 5.76 Å². The summed E-state index contributed by atoms with van der Waals surface area (Å²) in [5.74, 6) is -2.06. The Morgan fingerprint density at radius 3 is 2.73 bits per heavy atom. The molecule has 1 fully saturated rings. The number of nitrogens with zero attached hydrogens (tertiary/aromatic N) is 1. The molecule has 1 aromatic heterocycles. The molecule has 1 saturated heterocycles. The van der Waals surface area contributed by atoms with Crippen LogP contribution in [-0.2, 0) is 31.8 Å². The number of benzene rings is 1. The summed E-state index contributed by atoms with van der Waals surface area (Å²) in [5.41, 5.74) is -1.24. The molecule has 160 valence electrons. The van der Waals surface area contributed by atoms with Gasteiger partial charge in [-0.05, 0) is 30.3 Å². The molecule has 0 aliphatic carbocycles. The van der Waals surface area contributed by atoms with Gasteiger partial charge in [-0.25, -0.2) is 0 Å². The first-order valence-corrected chi connectivity index (χ1v) is 9.14. The van der Waals surface area contributed by atoms with Crippen LogP contribution in [0.15, 0.2) is 41.0 Å². The molecular formula is C19H16ClF3N2O5. The van der Waals surface area contributed by atoms with Gasteiger partial charge in [-0.1, -0.05) is 11.6 Å². The first-order chi connectivity index (χ1) is 14.1. The predicted molar refractivity (Wildman–Crippen MR) is 98.3 cm³/mol. The first-order valence-electron chi connectivity index (χ1n) is 8.77. The van der Waals surface area contributed by atoms with E-state index in [4.69, 9.17) is 20.8 Å². The van der Waals surface area contributed by atoms with E-state index < -0.39 is 36.1 Å². The van der Waals surface area contributed by atoms with Gasteiger partial charge in [0.15, 0.2) is 6.61 Å². The molecule has 11 heteroatoms. The summed E-state index contributed by atoms with van der Waals surface area (Å²) >= 11 is 5.81. The molecule has 2 aromatic rings. The van der Waals surface area contributed by atoms with Gasteiger partial charge < -0.3 is 19.4 Å². The lowest BCUT2D eigenvalue weighted by atomic mass is 10.1. The van der Waals surface area contributed by atoms with Gasteiger partial charge in [0, 0.05) is 13.0 Å². The van der Waals surface area contributed by atoms with Crippen LogP contribution in [0.4, 0.5) is 18.9 Å². The number of amides is 2. The smallest absolute Gasteiger partial charge is 0.416 e. The molecular weight excluding hydrogens is 429 g/mol. The number of alkyl halides is 3. The van der Waals surface area contributed by atoms with Gasteiger partial charge in [-0.3, -0.25) is 14.4 Å². The SMILES string of the molecule is O=C(COC(=O)[C@@H]1CC(=O)N(Cc2ccco2)C1)Nc1cc(C(F)(F)F)ccc1Cl. The highest BCUT2D eigenvalue weighted by Crippen LogP contribution is 2.33. The van der Waals surface area contributed by atoms with Crippen LogP contribution in [0, 0.1) is 5.92 Å². The first kappa shape index (κ1) is 21.7. The quantitative estimate of drug-likeness (QED) is 0.689. The number of esters is 1. The fourth-order valence-corrected chi connectivity index (χ4v) is 3.08. The lowest BCUT2D eigenvalue weighted by Gasteiger charge is -2.15. The van der Waals surface area contributed by atoms with Crippen molar-refractivity contribution in [1.82, 2.24) is 4.90 Å². The highest BCUT2D eigenvalue weighted by Gasteiger charge is 2.36. The summed E-state index contributed by atoms with van der Waals surface area (Å²) < 4.78 is 48.4. The summed E-state index contributed by atoms with van der Waals surface area (Å²) in [5, 5.41) is 2.08. The third-order valence-corrected chi connectivity index (χ3v) is 4.72. The van der Waals surface area contributed by atoms with Gasteiger partial charge in [0.2, 0.25) is 5.91 Å². The van der Waals surface area contributed by atoms with Crippen LogP contribution in [0.2, 0.25) is 5.02 Å². The summed E-state index contributed by atoms with van der Waals surface area (Å²) in [6, 6.07) is 5.84. The Hall–Kier alpha value is -3.01. The van der Waals surface area contributed by atoms with Crippen molar-refractivity contribution in [3.63, 3.8) is 0 Å². The topological polar surface area (TPSA) is 88.9 Å². The molecule has 1 atom stereocenters. The van der Waals surface area contributed by atoms with E-state index in [1.807, 2.05) is 0 Å². The van der Waals surface area contributed by atoms with Crippen LogP contribution in [0.3, 0.4) is 0 Å². The highest BCUT2D eigenvalue weighted by atomic mass is 35.5. The Kier molecular flexibility index (Phi) is 6.35. The number of ether oxygens (including phenoxy) is 1. The maximum Gasteiger partial charge on any atom is 0.416 e. The molecule has 3 rings (SSSR count). The van der Waals surface area contributed by atoms with Crippen molar-refractivity contribution in [2.75, 3.05) is 18.5 Å². The number of hydrogen-bond acceptors (Lipinski definition) is 5. The average Bonchev–Trinajstić information content (AvgIpc) is 3.31. The van der Waals surface area contributed by atoms with Crippen molar-refractivity contribution in [1.29, 1.82) is 0 Å². The molecule has 30 heavy (non-hydrogen) atoms. The van der Waals surface area contributed by atoms with Crippen LogP contribution in [0.25, 0.3) is 0 Å². The lowest BCUT2D eigenvalue weighted by Crippen LogP contribution is -2.28. The van der Waals surface area contributed by atoms with Gasteiger partial charge in [-0.2, -0.15) is 13.2 Å². The Morgan fingerprint density at radius 2 is 2.07 bits per heavy atom. The van der Waals surface area contributed by atoms with Crippen molar-refractivity contribution < 1.29 is 36.7 Å². The Bertz CT molecular complexity index is 946. The number of nitrogens with one attached hydrogen (secondary N) is 1. The third-order valence-electron chi connectivity index (χ3n) is 4.39. The minimum absolute atomic E-state index is 0.0688. The number of rotatable bonds is 6. The van der Waals surface area contributed by atoms with Crippen molar-refractivity contribution in [3.8, 4) is 0 Å². The molecule has 7 nitrogen and oxygen atoms in total. The number of carbonyl (C=O) groups excluding carboxylic acids is 3. The largest absolute Gasteiger partial charge is 0.467 e. The van der Waals surface area contributed by atoms with Crippen molar-refractivity contribution in [2.45, 2.75) is 19.1 Å². The summed E-state index contributed by atoms with van der Waals surface area (Å²) in [7, 11) is 0. The van der Waals surface area contributed by atoms with E-state index in [0.717, 1.165) is 12.1 Å². The second-order valence-corrected chi connectivity index (χ2v) is 7.01. The van der Waals surface area contributed by atoms with E-state index in [1.165, 1.54) is 11.2 Å². The lowest BCUT2D eigenvalue weighted by molar-refractivity contribution is -0.151. The fourth-order valence-electron chi connectivity index (χ4n) is 2.91. The summed E-state index contributed by atoms with van der Waals surface area (Å²) in [6.45, 7) is -0.405. The average molecular weight is 445 g/mol. The molecule has 1 aliphatic rings. The standard InChI is InChI=1S/C19H16ClF3N2O5/c20-14-4-3-12(19(21,22)23)7-15(14)24-16(26)10-30-18(28)11-6-17(27)25(8-11)9-13-2-1-5-29-13/h1-5,7,11H,6,8-10H2,(H,24,26)/t11-/m1/s1. The fraction of sp³-hybridized carbons (Fsp3) is 0.316. The number of hydrogen-bond donors (Lipinski definition) is 1. The second kappa shape index (κ2) is 8.78.